The Kier molecular flexibility index (Phi) is 32.6. The minimum atomic E-state index is -2.85. The van der Waals surface area contributed by atoms with E-state index in [2.05, 4.69) is 42.5 Å². The minimum absolute atomic E-state index is 0.0408. The van der Waals surface area contributed by atoms with Crippen LogP contribution in [0, 0.1) is 35.5 Å². The van der Waals surface area contributed by atoms with E-state index in [0.29, 0.717) is 12.3 Å². The number of aliphatic hydroxyl groups excluding tert-OH is 1. The summed E-state index contributed by atoms with van der Waals surface area (Å²) in [6.07, 6.45) is 2.91. The molecule has 14 atom stereocenters. The predicted molar refractivity (Wildman–Crippen MR) is 323 cm³/mol. The van der Waals surface area contributed by atoms with Crippen molar-refractivity contribution in [2.24, 2.45) is 41.2 Å². The molecule has 2 aliphatic rings. The fourth-order valence-electron chi connectivity index (χ4n) is 9.59. The molecule has 0 aromatic heterocycles. The molecule has 0 saturated carbocycles. The molecule has 2 aliphatic heterocycles. The molecule has 12 amide bonds. The Morgan fingerprint density at radius 2 is 1.23 bits per heavy atom. The van der Waals surface area contributed by atoms with E-state index >= 15 is 0 Å². The zero-order valence-electron chi connectivity index (χ0n) is 53.2. The van der Waals surface area contributed by atoms with E-state index in [1.807, 2.05) is 29.8 Å². The van der Waals surface area contributed by atoms with Crippen LogP contribution in [0.2, 0.25) is 0 Å². The van der Waals surface area contributed by atoms with Crippen LogP contribution in [-0.2, 0) is 76.7 Å². The van der Waals surface area contributed by atoms with Gasteiger partial charge in [0.05, 0.1) is 30.8 Å². The maximum Gasteiger partial charge on any atom is 0.335 e. The Morgan fingerprint density at radius 3 is 1.79 bits per heavy atom. The molecule has 92 heavy (non-hydrogen) atoms. The lowest BCUT2D eigenvalue weighted by Crippen LogP contribution is -2.66. The summed E-state index contributed by atoms with van der Waals surface area (Å²) in [4.78, 5) is 219. The number of hydrogen-bond acceptors (Lipinski definition) is 18. The monoisotopic (exact) mass is 1310 g/mol. The quantitative estimate of drug-likeness (QED) is 0.0245. The van der Waals surface area contributed by atoms with Crippen molar-refractivity contribution in [3.05, 3.63) is 24.3 Å². The van der Waals surface area contributed by atoms with Crippen molar-refractivity contribution in [1.29, 1.82) is 0 Å². The maximum atomic E-state index is 15.0. The number of carboxylic acid groups (broad SMARTS) is 4. The Hall–Kier alpha value is -9.08. The van der Waals surface area contributed by atoms with Crippen LogP contribution in [0.5, 0.6) is 0 Å². The van der Waals surface area contributed by atoms with E-state index in [9.17, 15) is 102 Å². The van der Waals surface area contributed by atoms with Gasteiger partial charge in [-0.15, -0.1) is 0 Å². The first-order chi connectivity index (χ1) is 42.9. The third kappa shape index (κ3) is 25.3. The molecule has 0 aromatic rings. The minimum Gasteiger partial charge on any atom is -0.481 e. The van der Waals surface area contributed by atoms with Crippen LogP contribution in [0.1, 0.15) is 114 Å². The summed E-state index contributed by atoms with van der Waals surface area (Å²) >= 11 is 0. The van der Waals surface area contributed by atoms with Gasteiger partial charge in [-0.1, -0.05) is 73.6 Å². The molecule has 514 valence electrons. The number of unbranched alkanes of at least 4 members (excludes halogenated alkanes) is 1. The summed E-state index contributed by atoms with van der Waals surface area (Å²) in [5.41, 5.74) is 5.70. The largest absolute Gasteiger partial charge is 0.481 e. The van der Waals surface area contributed by atoms with Crippen molar-refractivity contribution in [1.82, 2.24) is 63.4 Å². The van der Waals surface area contributed by atoms with Gasteiger partial charge in [0.2, 0.25) is 70.9 Å². The van der Waals surface area contributed by atoms with Crippen LogP contribution in [-0.4, -0.2) is 218 Å². The highest BCUT2D eigenvalue weighted by Crippen LogP contribution is 2.26. The van der Waals surface area contributed by atoms with Gasteiger partial charge in [0.25, 0.3) is 0 Å². The average Bonchev–Trinajstić information content (AvgIpc) is 1.61. The highest BCUT2D eigenvalue weighted by atomic mass is 16.4. The topological polar surface area (TPSA) is 536 Å². The number of hydrogen-bond donors (Lipinski definition) is 17. The van der Waals surface area contributed by atoms with Crippen LogP contribution < -0.4 is 64.2 Å². The summed E-state index contributed by atoms with van der Waals surface area (Å²) in [5.74, 6) is -26.8. The van der Waals surface area contributed by atoms with Gasteiger partial charge in [-0.25, -0.2) is 4.79 Å². The van der Waals surface area contributed by atoms with Crippen molar-refractivity contribution in [3.63, 3.8) is 0 Å². The van der Waals surface area contributed by atoms with Crippen LogP contribution in [0.25, 0.3) is 0 Å². The van der Waals surface area contributed by atoms with E-state index < -0.39 is 210 Å². The molecule has 34 heteroatoms. The molecule has 2 saturated heterocycles. The molecule has 0 radical (unpaired) electrons. The lowest BCUT2D eigenvalue weighted by Gasteiger charge is -2.34. The number of carbonyl (C=O) groups is 16. The number of carboxylic acids is 4. The molecular weight excluding hydrogens is 1210 g/mol. The van der Waals surface area contributed by atoms with E-state index in [-0.39, 0.29) is 38.8 Å². The molecular formula is C58H91N13O21. The summed E-state index contributed by atoms with van der Waals surface area (Å²) in [6.45, 7) is 12.8. The molecule has 0 bridgehead atoms. The highest BCUT2D eigenvalue weighted by Gasteiger charge is 2.46. The Bertz CT molecular complexity index is 2770. The zero-order chi connectivity index (χ0) is 70.0. The number of rotatable bonds is 24. The van der Waals surface area contributed by atoms with Crippen LogP contribution >= 0.6 is 0 Å². The number of nitrogens with two attached hydrogens (primary N) is 1. The molecule has 0 aliphatic carbocycles. The first kappa shape index (κ1) is 79.0. The van der Waals surface area contributed by atoms with Crippen LogP contribution in [0.4, 0.5) is 0 Å². The van der Waals surface area contributed by atoms with Gasteiger partial charge in [-0.05, 0) is 82.6 Å². The summed E-state index contributed by atoms with van der Waals surface area (Å²) in [5, 5.41) is 74.7. The molecule has 0 spiro atoms. The van der Waals surface area contributed by atoms with Crippen molar-refractivity contribution in [2.75, 3.05) is 26.2 Å². The fourth-order valence-corrected chi connectivity index (χ4v) is 9.59. The van der Waals surface area contributed by atoms with Gasteiger partial charge in [-0.3, -0.25) is 71.9 Å². The van der Waals surface area contributed by atoms with E-state index in [4.69, 9.17) is 5.73 Å². The smallest absolute Gasteiger partial charge is 0.335 e. The number of aliphatic hydroxyl groups is 1. The number of amides is 12. The van der Waals surface area contributed by atoms with Crippen molar-refractivity contribution in [3.8, 4) is 0 Å². The standard InChI is InChI=1S/C58H91N13O21/c1-26(2)17-13-11-12-14-19-36(72)65-42(30(8)47(79)61-24-39(76)77)52(84)69-44-32(10)62-50(82)35-21-29(7)25-71(35)56(88)41(28(5)6)68-53(85)43(31(9)57(89)90)66-37(73)23-60-48(80)34(22-38(74)75)64-55(87)45(46(78)58(91)92)70-49(81)33(18-15-16-20-59)63-51(83)40(27(3)4)67-54(44)86/h11-12,14,19,26-35,40-46,78H,13,15-18,20-25,59H2,1-10H3,(H,60,80)(H,61,79)(H,62,82)(H,63,83)(H,64,87)(H,65,72)(H,66,73)(H,67,86)(H,68,85)(H,69,84)(H,70,81)(H,74,75)(H,76,77)(H,89,90)(H,91,92)/b12-11-,19-14+/t29-,30?,31?,32?,33+,34+,35+,40-,41+,42+,43-,44+,45+,46?/m1/s1. The second kappa shape index (κ2) is 37.9. The molecule has 2 fully saturated rings. The Labute approximate surface area is 531 Å². The first-order valence-electron chi connectivity index (χ1n) is 30.1. The molecule has 0 aromatic carbocycles. The van der Waals surface area contributed by atoms with Crippen LogP contribution in [0.15, 0.2) is 24.3 Å². The predicted octanol–water partition coefficient (Wildman–Crippen LogP) is -4.80. The summed E-state index contributed by atoms with van der Waals surface area (Å²) < 4.78 is 0. The van der Waals surface area contributed by atoms with E-state index in [0.717, 1.165) is 31.2 Å². The summed E-state index contributed by atoms with van der Waals surface area (Å²) in [6, 6.07) is -18.8. The lowest BCUT2D eigenvalue weighted by molar-refractivity contribution is -0.153. The van der Waals surface area contributed by atoms with Crippen molar-refractivity contribution >= 4 is 94.8 Å². The highest BCUT2D eigenvalue weighted by molar-refractivity contribution is 6.02. The third-order valence-electron chi connectivity index (χ3n) is 15.0. The number of nitrogens with zero attached hydrogens (tertiary/aromatic N) is 1. The van der Waals surface area contributed by atoms with Gasteiger partial charge in [-0.2, -0.15) is 0 Å². The van der Waals surface area contributed by atoms with Crippen molar-refractivity contribution < 1.29 is 102 Å². The number of nitrogens with one attached hydrogen (secondary N) is 11. The maximum absolute atomic E-state index is 15.0. The molecule has 4 unspecified atom stereocenters. The number of fused-ring (bicyclic) bond motifs is 1. The number of carbonyl (C=O) groups excluding carboxylic acids is 12. The zero-order valence-corrected chi connectivity index (χ0v) is 53.2. The second-order valence-corrected chi connectivity index (χ2v) is 23.9. The SMILES string of the molecule is CC(C)CC/C=C\C=C\C(=O)N[C@H](C(=O)N[C@@H]1C(=O)N[C@H](C(C)C)C(=O)N[C@@H](CCCCN)C(=O)N[C@@H](C(O)C(=O)O)C(=O)N[C@@H](CC(=O)O)C(=O)NCC(=O)N[C@H](C(C)C(=O)O)C(=O)N[C@@H](C(C)C)C(=O)N2C[C@H](C)C[C@H]2C(=O)NC1C)C(C)C(=O)NCC(=O)O. The van der Waals surface area contributed by atoms with Crippen molar-refractivity contribution in [2.45, 2.75) is 181 Å². The van der Waals surface area contributed by atoms with Gasteiger partial charge < -0.3 is 94.7 Å². The van der Waals surface area contributed by atoms with Gasteiger partial charge in [0.15, 0.2) is 6.10 Å². The normalized spacial score (nSPS) is 25.2. The Morgan fingerprint density at radius 1 is 0.641 bits per heavy atom. The van der Waals surface area contributed by atoms with Crippen LogP contribution in [0.3, 0.4) is 0 Å². The Balaban J connectivity index is 3.02. The third-order valence-corrected chi connectivity index (χ3v) is 15.0. The lowest BCUT2D eigenvalue weighted by atomic mass is 9.97. The van der Waals surface area contributed by atoms with E-state index in [1.54, 1.807) is 19.1 Å². The molecule has 18 N–H and O–H groups in total. The average molecular weight is 1310 g/mol. The molecule has 2 heterocycles. The van der Waals surface area contributed by atoms with Gasteiger partial charge >= 0.3 is 23.9 Å². The molecule has 2 rings (SSSR count). The summed E-state index contributed by atoms with van der Waals surface area (Å²) in [7, 11) is 0. The van der Waals surface area contributed by atoms with E-state index in [1.165, 1.54) is 40.7 Å². The second-order valence-electron chi connectivity index (χ2n) is 23.9. The van der Waals surface area contributed by atoms with Gasteiger partial charge in [0, 0.05) is 12.6 Å². The number of allylic oxidation sites excluding steroid dienone is 3. The molecule has 34 nitrogen and oxygen atoms in total. The first-order valence-corrected chi connectivity index (χ1v) is 30.1. The fraction of sp³-hybridized carbons (Fsp3) is 0.655. The number of aliphatic carboxylic acids is 4. The van der Waals surface area contributed by atoms with Gasteiger partial charge in [0.1, 0.15) is 60.9 Å².